The smallest absolute Gasteiger partial charge is 0.321 e. The summed E-state index contributed by atoms with van der Waals surface area (Å²) in [6.07, 6.45) is 5.84. The molecule has 1 heterocycles. The van der Waals surface area contributed by atoms with E-state index in [2.05, 4.69) is 20.9 Å². The van der Waals surface area contributed by atoms with Crippen molar-refractivity contribution in [1.82, 2.24) is 10.3 Å². The lowest BCUT2D eigenvalue weighted by Gasteiger charge is -2.22. The minimum Gasteiger partial charge on any atom is -0.335 e. The summed E-state index contributed by atoms with van der Waals surface area (Å²) < 4.78 is 0. The largest absolute Gasteiger partial charge is 0.335 e. The van der Waals surface area contributed by atoms with Gasteiger partial charge < -0.3 is 10.6 Å². The van der Waals surface area contributed by atoms with Gasteiger partial charge in [0.2, 0.25) is 5.91 Å². The van der Waals surface area contributed by atoms with Gasteiger partial charge in [0.25, 0.3) is 0 Å². The van der Waals surface area contributed by atoms with E-state index in [9.17, 15) is 9.59 Å². The number of aryl methyl sites for hydroxylation is 2. The molecule has 1 fully saturated rings. The van der Waals surface area contributed by atoms with Crippen molar-refractivity contribution in [3.8, 4) is 0 Å². The van der Waals surface area contributed by atoms with Gasteiger partial charge in [0.1, 0.15) is 0 Å². The van der Waals surface area contributed by atoms with Gasteiger partial charge in [0.05, 0.1) is 12.1 Å². The average molecular weight is 387 g/mol. The van der Waals surface area contributed by atoms with Crippen LogP contribution < -0.4 is 16.0 Å². The molecule has 1 aromatic carbocycles. The van der Waals surface area contributed by atoms with E-state index in [-0.39, 0.29) is 24.4 Å². The Hall–Kier alpha value is -2.41. The van der Waals surface area contributed by atoms with Crippen molar-refractivity contribution in [2.45, 2.75) is 58.4 Å². The topological polar surface area (TPSA) is 83.1 Å². The summed E-state index contributed by atoms with van der Waals surface area (Å²) in [6.45, 7) is 3.96. The molecule has 0 aliphatic heterocycles. The van der Waals surface area contributed by atoms with Crippen LogP contribution in [0, 0.1) is 13.8 Å². The van der Waals surface area contributed by atoms with Crippen LogP contribution >= 0.6 is 11.3 Å². The number of urea groups is 1. The number of benzene rings is 1. The molecule has 1 saturated carbocycles. The van der Waals surface area contributed by atoms with Gasteiger partial charge >= 0.3 is 6.03 Å². The van der Waals surface area contributed by atoms with Crippen LogP contribution in [0.4, 0.5) is 15.6 Å². The maximum absolute atomic E-state index is 12.3. The molecule has 0 bridgehead atoms. The van der Waals surface area contributed by atoms with E-state index in [1.54, 1.807) is 5.38 Å². The van der Waals surface area contributed by atoms with Gasteiger partial charge in [0, 0.05) is 17.1 Å². The monoisotopic (exact) mass is 386 g/mol. The van der Waals surface area contributed by atoms with Crippen LogP contribution in [-0.2, 0) is 11.2 Å². The Balaban J connectivity index is 1.50. The van der Waals surface area contributed by atoms with Crippen molar-refractivity contribution >= 4 is 34.1 Å². The molecule has 1 aromatic heterocycles. The SMILES string of the molecule is Cc1ccc(C)c(NC(=O)Cc2csc(NC(=O)NC3CCCCC3)n2)c1. The Bertz CT molecular complexity index is 812. The van der Waals surface area contributed by atoms with E-state index in [1.807, 2.05) is 32.0 Å². The first-order chi connectivity index (χ1) is 13.0. The summed E-state index contributed by atoms with van der Waals surface area (Å²) in [6, 6.07) is 5.99. The number of amides is 3. The Morgan fingerprint density at radius 2 is 1.93 bits per heavy atom. The molecule has 3 N–H and O–H groups in total. The number of nitrogens with one attached hydrogen (secondary N) is 3. The van der Waals surface area contributed by atoms with Gasteiger partial charge in [-0.05, 0) is 43.9 Å². The molecule has 0 spiro atoms. The van der Waals surface area contributed by atoms with Crippen LogP contribution in [0.5, 0.6) is 0 Å². The summed E-state index contributed by atoms with van der Waals surface area (Å²) in [7, 11) is 0. The van der Waals surface area contributed by atoms with Gasteiger partial charge in [-0.1, -0.05) is 31.4 Å². The summed E-state index contributed by atoms with van der Waals surface area (Å²) in [5.74, 6) is -0.118. The lowest BCUT2D eigenvalue weighted by Crippen LogP contribution is -2.39. The molecule has 1 aliphatic rings. The maximum atomic E-state index is 12.3. The fourth-order valence-electron chi connectivity index (χ4n) is 3.24. The highest BCUT2D eigenvalue weighted by Crippen LogP contribution is 2.20. The molecular weight excluding hydrogens is 360 g/mol. The van der Waals surface area contributed by atoms with Gasteiger partial charge in [-0.15, -0.1) is 11.3 Å². The fourth-order valence-corrected chi connectivity index (χ4v) is 3.95. The number of thiazole rings is 1. The molecule has 0 saturated heterocycles. The van der Waals surface area contributed by atoms with Crippen LogP contribution in [0.15, 0.2) is 23.6 Å². The minimum atomic E-state index is -0.220. The van der Waals surface area contributed by atoms with Gasteiger partial charge in [-0.25, -0.2) is 9.78 Å². The highest BCUT2D eigenvalue weighted by atomic mass is 32.1. The average Bonchev–Trinajstić information content (AvgIpc) is 3.05. The number of hydrogen-bond donors (Lipinski definition) is 3. The zero-order valence-corrected chi connectivity index (χ0v) is 16.6. The lowest BCUT2D eigenvalue weighted by atomic mass is 9.96. The zero-order valence-electron chi connectivity index (χ0n) is 15.8. The molecule has 6 nitrogen and oxygen atoms in total. The van der Waals surface area contributed by atoms with E-state index in [1.165, 1.54) is 30.6 Å². The Kier molecular flexibility index (Phi) is 6.45. The second-order valence-corrected chi connectivity index (χ2v) is 7.98. The minimum absolute atomic E-state index is 0.118. The van der Waals surface area contributed by atoms with Crippen LogP contribution in [0.25, 0.3) is 0 Å². The standard InChI is InChI=1S/C20H26N4O2S/c1-13-8-9-14(2)17(10-13)23-18(25)11-16-12-27-20(22-16)24-19(26)21-15-6-4-3-5-7-15/h8-10,12,15H,3-7,11H2,1-2H3,(H,23,25)(H2,21,22,24,26). The van der Waals surface area contributed by atoms with Crippen LogP contribution in [0.1, 0.15) is 48.9 Å². The molecule has 1 aliphatic carbocycles. The molecular formula is C20H26N4O2S. The number of aromatic nitrogens is 1. The number of anilines is 2. The number of carbonyl (C=O) groups excluding carboxylic acids is 2. The van der Waals surface area contributed by atoms with Gasteiger partial charge in [-0.2, -0.15) is 0 Å². The molecule has 3 rings (SSSR count). The summed E-state index contributed by atoms with van der Waals surface area (Å²) in [5.41, 5.74) is 3.59. The molecule has 144 valence electrons. The molecule has 3 amide bonds. The summed E-state index contributed by atoms with van der Waals surface area (Å²) in [5, 5.41) is 11.0. The first-order valence-corrected chi connectivity index (χ1v) is 10.3. The van der Waals surface area contributed by atoms with E-state index >= 15 is 0 Å². The third-order valence-corrected chi connectivity index (χ3v) is 5.53. The Morgan fingerprint density at radius 1 is 1.15 bits per heavy atom. The van der Waals surface area contributed by atoms with Crippen molar-refractivity contribution in [3.63, 3.8) is 0 Å². The quantitative estimate of drug-likeness (QED) is 0.712. The van der Waals surface area contributed by atoms with Crippen molar-refractivity contribution in [1.29, 1.82) is 0 Å². The lowest BCUT2D eigenvalue weighted by molar-refractivity contribution is -0.115. The van der Waals surface area contributed by atoms with Crippen molar-refractivity contribution in [2.24, 2.45) is 0 Å². The number of nitrogens with zero attached hydrogens (tertiary/aromatic N) is 1. The van der Waals surface area contributed by atoms with Gasteiger partial charge in [-0.3, -0.25) is 10.1 Å². The molecule has 7 heteroatoms. The predicted octanol–water partition coefficient (Wildman–Crippen LogP) is 4.40. The number of rotatable bonds is 5. The van der Waals surface area contributed by atoms with E-state index in [4.69, 9.17) is 0 Å². The normalized spacial score (nSPS) is 14.6. The van der Waals surface area contributed by atoms with E-state index in [0.29, 0.717) is 10.8 Å². The van der Waals surface area contributed by atoms with Gasteiger partial charge in [0.15, 0.2) is 5.13 Å². The van der Waals surface area contributed by atoms with Crippen LogP contribution in [0.3, 0.4) is 0 Å². The second-order valence-electron chi connectivity index (χ2n) is 7.12. The maximum Gasteiger partial charge on any atom is 0.321 e. The second kappa shape index (κ2) is 8.99. The summed E-state index contributed by atoms with van der Waals surface area (Å²) >= 11 is 1.33. The zero-order chi connectivity index (χ0) is 19.2. The van der Waals surface area contributed by atoms with E-state index in [0.717, 1.165) is 29.7 Å². The number of hydrogen-bond acceptors (Lipinski definition) is 4. The highest BCUT2D eigenvalue weighted by molar-refractivity contribution is 7.13. The molecule has 0 atom stereocenters. The Labute approximate surface area is 163 Å². The molecule has 27 heavy (non-hydrogen) atoms. The third-order valence-electron chi connectivity index (χ3n) is 4.72. The fraction of sp³-hybridized carbons (Fsp3) is 0.450. The van der Waals surface area contributed by atoms with Crippen molar-refractivity contribution < 1.29 is 9.59 Å². The van der Waals surface area contributed by atoms with Crippen LogP contribution in [0.2, 0.25) is 0 Å². The summed E-state index contributed by atoms with van der Waals surface area (Å²) in [4.78, 5) is 28.7. The first-order valence-electron chi connectivity index (χ1n) is 9.38. The highest BCUT2D eigenvalue weighted by Gasteiger charge is 2.16. The van der Waals surface area contributed by atoms with Crippen molar-refractivity contribution in [2.75, 3.05) is 10.6 Å². The third kappa shape index (κ3) is 5.79. The van der Waals surface area contributed by atoms with Crippen molar-refractivity contribution in [3.05, 3.63) is 40.4 Å². The predicted molar refractivity (Wildman–Crippen MR) is 109 cm³/mol. The van der Waals surface area contributed by atoms with Crippen LogP contribution in [-0.4, -0.2) is 23.0 Å². The molecule has 2 aromatic rings. The molecule has 0 radical (unpaired) electrons. The molecule has 0 unspecified atom stereocenters. The Morgan fingerprint density at radius 3 is 2.70 bits per heavy atom. The first kappa shape index (κ1) is 19.4. The number of carbonyl (C=O) groups is 2. The van der Waals surface area contributed by atoms with E-state index < -0.39 is 0 Å².